The fourth-order valence-electron chi connectivity index (χ4n) is 2.40. The molecule has 0 aliphatic carbocycles. The minimum absolute atomic E-state index is 0.0813. The Kier molecular flexibility index (Phi) is 4.85. The SMILES string of the molecule is COc1ccc2nc(/C=C/C=C/c3cccc([N+](=O)[O-])c3)ccc2c1. The first-order chi connectivity index (χ1) is 12.2. The molecule has 0 saturated carbocycles. The average Bonchev–Trinajstić information content (AvgIpc) is 2.65. The van der Waals surface area contributed by atoms with Gasteiger partial charge in [-0.3, -0.25) is 10.1 Å². The highest BCUT2D eigenvalue weighted by atomic mass is 16.6. The van der Waals surface area contributed by atoms with E-state index in [-0.39, 0.29) is 5.69 Å². The molecule has 25 heavy (non-hydrogen) atoms. The molecular formula is C20H16N2O3. The summed E-state index contributed by atoms with van der Waals surface area (Å²) < 4.78 is 5.20. The summed E-state index contributed by atoms with van der Waals surface area (Å²) >= 11 is 0. The number of hydrogen-bond acceptors (Lipinski definition) is 4. The van der Waals surface area contributed by atoms with Crippen LogP contribution in [0.1, 0.15) is 11.3 Å². The van der Waals surface area contributed by atoms with Crippen molar-refractivity contribution in [3.05, 3.63) is 88.1 Å². The Morgan fingerprint density at radius 3 is 2.68 bits per heavy atom. The smallest absolute Gasteiger partial charge is 0.270 e. The van der Waals surface area contributed by atoms with Crippen LogP contribution in [-0.2, 0) is 0 Å². The van der Waals surface area contributed by atoms with Gasteiger partial charge in [-0.05, 0) is 35.9 Å². The van der Waals surface area contributed by atoms with Crippen LogP contribution in [0.15, 0.2) is 66.7 Å². The summed E-state index contributed by atoms with van der Waals surface area (Å²) in [5.41, 5.74) is 2.59. The van der Waals surface area contributed by atoms with E-state index in [2.05, 4.69) is 4.98 Å². The van der Waals surface area contributed by atoms with Crippen LogP contribution in [0.2, 0.25) is 0 Å². The molecule has 5 nitrogen and oxygen atoms in total. The molecule has 0 amide bonds. The van der Waals surface area contributed by atoms with Gasteiger partial charge in [0.1, 0.15) is 5.75 Å². The lowest BCUT2D eigenvalue weighted by Crippen LogP contribution is -1.87. The highest BCUT2D eigenvalue weighted by molar-refractivity contribution is 5.81. The molecule has 3 rings (SSSR count). The summed E-state index contributed by atoms with van der Waals surface area (Å²) in [6, 6.07) is 16.2. The van der Waals surface area contributed by atoms with E-state index in [4.69, 9.17) is 4.74 Å². The van der Waals surface area contributed by atoms with E-state index in [9.17, 15) is 10.1 Å². The fraction of sp³-hybridized carbons (Fsp3) is 0.0500. The summed E-state index contributed by atoms with van der Waals surface area (Å²) in [7, 11) is 1.64. The lowest BCUT2D eigenvalue weighted by Gasteiger charge is -2.02. The summed E-state index contributed by atoms with van der Waals surface area (Å²) in [5, 5.41) is 11.8. The molecule has 0 spiro atoms. The quantitative estimate of drug-likeness (QED) is 0.379. The average molecular weight is 332 g/mol. The van der Waals surface area contributed by atoms with Crippen molar-refractivity contribution in [1.82, 2.24) is 4.98 Å². The summed E-state index contributed by atoms with van der Waals surface area (Å²) in [4.78, 5) is 14.9. The van der Waals surface area contributed by atoms with Crippen LogP contribution in [0.25, 0.3) is 23.1 Å². The van der Waals surface area contributed by atoms with Crippen molar-refractivity contribution >= 4 is 28.7 Å². The molecule has 0 saturated heterocycles. The molecule has 124 valence electrons. The van der Waals surface area contributed by atoms with Crippen molar-refractivity contribution in [2.24, 2.45) is 0 Å². The summed E-state index contributed by atoms with van der Waals surface area (Å²) in [6.07, 6.45) is 7.39. The number of allylic oxidation sites excluding steroid dienone is 2. The van der Waals surface area contributed by atoms with Gasteiger partial charge in [0.2, 0.25) is 0 Å². The molecule has 0 atom stereocenters. The first-order valence-corrected chi connectivity index (χ1v) is 7.70. The number of benzene rings is 2. The second-order valence-electron chi connectivity index (χ2n) is 5.37. The molecule has 0 aliphatic rings. The van der Waals surface area contributed by atoms with Crippen LogP contribution >= 0.6 is 0 Å². The minimum Gasteiger partial charge on any atom is -0.497 e. The molecule has 0 N–H and O–H groups in total. The third-order valence-electron chi connectivity index (χ3n) is 3.67. The highest BCUT2D eigenvalue weighted by Crippen LogP contribution is 2.20. The zero-order valence-corrected chi connectivity index (χ0v) is 13.6. The fourth-order valence-corrected chi connectivity index (χ4v) is 2.40. The molecule has 0 fully saturated rings. The lowest BCUT2D eigenvalue weighted by molar-refractivity contribution is -0.384. The largest absolute Gasteiger partial charge is 0.497 e. The zero-order valence-electron chi connectivity index (χ0n) is 13.6. The van der Waals surface area contributed by atoms with Gasteiger partial charge in [0.15, 0.2) is 0 Å². The predicted molar refractivity (Wildman–Crippen MR) is 99.5 cm³/mol. The van der Waals surface area contributed by atoms with Gasteiger partial charge < -0.3 is 4.74 Å². The van der Waals surface area contributed by atoms with Crippen molar-refractivity contribution in [3.63, 3.8) is 0 Å². The maximum Gasteiger partial charge on any atom is 0.270 e. The number of non-ortho nitro benzene ring substituents is 1. The number of nitro benzene ring substituents is 1. The maximum atomic E-state index is 10.8. The minimum atomic E-state index is -0.402. The lowest BCUT2D eigenvalue weighted by atomic mass is 10.1. The van der Waals surface area contributed by atoms with Crippen LogP contribution in [0.3, 0.4) is 0 Å². The summed E-state index contributed by atoms with van der Waals surface area (Å²) in [6.45, 7) is 0. The maximum absolute atomic E-state index is 10.8. The van der Waals surface area contributed by atoms with E-state index in [1.807, 2.05) is 60.7 Å². The van der Waals surface area contributed by atoms with Gasteiger partial charge in [0.05, 0.1) is 23.2 Å². The number of pyridine rings is 1. The second kappa shape index (κ2) is 7.40. The number of nitrogens with zero attached hydrogens (tertiary/aromatic N) is 2. The van der Waals surface area contributed by atoms with E-state index < -0.39 is 4.92 Å². The van der Waals surface area contributed by atoms with Crippen LogP contribution in [0.4, 0.5) is 5.69 Å². The van der Waals surface area contributed by atoms with Gasteiger partial charge >= 0.3 is 0 Å². The zero-order chi connectivity index (χ0) is 17.6. The number of fused-ring (bicyclic) bond motifs is 1. The molecular weight excluding hydrogens is 316 g/mol. The Bertz CT molecular complexity index is 978. The van der Waals surface area contributed by atoms with E-state index >= 15 is 0 Å². The Hall–Kier alpha value is -3.47. The van der Waals surface area contributed by atoms with Crippen LogP contribution in [0.5, 0.6) is 5.75 Å². The number of rotatable bonds is 5. The number of hydrogen-bond donors (Lipinski definition) is 0. The van der Waals surface area contributed by atoms with Crippen molar-refractivity contribution in [3.8, 4) is 5.75 Å². The third-order valence-corrected chi connectivity index (χ3v) is 3.67. The van der Waals surface area contributed by atoms with E-state index in [0.29, 0.717) is 0 Å². The van der Waals surface area contributed by atoms with Gasteiger partial charge in [-0.1, -0.05) is 36.4 Å². The van der Waals surface area contributed by atoms with Gasteiger partial charge in [-0.15, -0.1) is 0 Å². The summed E-state index contributed by atoms with van der Waals surface area (Å²) in [5.74, 6) is 0.803. The standard InChI is InChI=1S/C20H16N2O3/c1-25-19-11-12-20-16(14-19)9-10-17(21-20)7-3-2-5-15-6-4-8-18(13-15)22(23)24/h2-14H,1H3/b5-2+,7-3+. The molecule has 0 bridgehead atoms. The molecule has 1 aromatic heterocycles. The van der Waals surface area contributed by atoms with Gasteiger partial charge in [0.25, 0.3) is 5.69 Å². The Balaban J connectivity index is 1.74. The van der Waals surface area contributed by atoms with Gasteiger partial charge in [-0.25, -0.2) is 4.98 Å². The van der Waals surface area contributed by atoms with Crippen LogP contribution in [-0.4, -0.2) is 17.0 Å². The Morgan fingerprint density at radius 1 is 1.04 bits per heavy atom. The second-order valence-corrected chi connectivity index (χ2v) is 5.37. The Morgan fingerprint density at radius 2 is 1.88 bits per heavy atom. The first kappa shape index (κ1) is 16.4. The predicted octanol–water partition coefficient (Wildman–Crippen LogP) is 4.88. The third kappa shape index (κ3) is 4.09. The van der Waals surface area contributed by atoms with Crippen LogP contribution in [0, 0.1) is 10.1 Å². The van der Waals surface area contributed by atoms with E-state index in [1.54, 1.807) is 13.2 Å². The first-order valence-electron chi connectivity index (χ1n) is 7.70. The number of ether oxygens (including phenoxy) is 1. The number of methoxy groups -OCH3 is 1. The molecule has 5 heteroatoms. The number of nitro groups is 1. The van der Waals surface area contributed by atoms with Gasteiger partial charge in [-0.2, -0.15) is 0 Å². The van der Waals surface area contributed by atoms with Crippen molar-refractivity contribution in [2.75, 3.05) is 7.11 Å². The normalized spacial score (nSPS) is 11.4. The molecule has 0 unspecified atom stereocenters. The molecule has 3 aromatic rings. The monoisotopic (exact) mass is 332 g/mol. The molecule has 0 aliphatic heterocycles. The number of aromatic nitrogens is 1. The van der Waals surface area contributed by atoms with Crippen LogP contribution < -0.4 is 4.74 Å². The highest BCUT2D eigenvalue weighted by Gasteiger charge is 2.03. The topological polar surface area (TPSA) is 65.3 Å². The van der Waals surface area contributed by atoms with Crippen molar-refractivity contribution in [2.45, 2.75) is 0 Å². The van der Waals surface area contributed by atoms with Gasteiger partial charge in [0, 0.05) is 17.5 Å². The van der Waals surface area contributed by atoms with Crippen molar-refractivity contribution in [1.29, 1.82) is 0 Å². The molecule has 1 heterocycles. The van der Waals surface area contributed by atoms with E-state index in [0.717, 1.165) is 27.9 Å². The van der Waals surface area contributed by atoms with E-state index in [1.165, 1.54) is 12.1 Å². The van der Waals surface area contributed by atoms with Crippen molar-refractivity contribution < 1.29 is 9.66 Å². The molecule has 2 aromatic carbocycles. The molecule has 0 radical (unpaired) electrons. The Labute approximate surface area is 145 Å².